The third-order valence-corrected chi connectivity index (χ3v) is 6.57. The lowest BCUT2D eigenvalue weighted by Gasteiger charge is -2.17. The van der Waals surface area contributed by atoms with Crippen molar-refractivity contribution in [3.63, 3.8) is 0 Å². The van der Waals surface area contributed by atoms with E-state index < -0.39 is 15.4 Å². The van der Waals surface area contributed by atoms with E-state index in [-0.39, 0.29) is 22.4 Å². The highest BCUT2D eigenvalue weighted by Crippen LogP contribution is 2.48. The van der Waals surface area contributed by atoms with Crippen LogP contribution in [0.3, 0.4) is 0 Å². The monoisotopic (exact) mass is 429 g/mol. The van der Waals surface area contributed by atoms with Gasteiger partial charge in [-0.2, -0.15) is 0 Å². The van der Waals surface area contributed by atoms with E-state index in [0.717, 1.165) is 30.4 Å². The molecule has 2 aromatic rings. The van der Waals surface area contributed by atoms with E-state index in [1.54, 1.807) is 43.3 Å². The lowest BCUT2D eigenvalue weighted by Crippen LogP contribution is -2.35. The number of amides is 2. The maximum Gasteiger partial charge on any atom is 0.263 e. The molecule has 1 aliphatic rings. The summed E-state index contributed by atoms with van der Waals surface area (Å²) in [6.07, 6.45) is 2.45. The Labute approximate surface area is 177 Å². The molecular weight excluding hydrogens is 402 g/mol. The fraction of sp³-hybridized carbons (Fsp3) is 0.364. The van der Waals surface area contributed by atoms with E-state index in [9.17, 15) is 18.0 Å². The molecule has 0 heterocycles. The summed E-state index contributed by atoms with van der Waals surface area (Å²) in [5.41, 5.74) is 1.75. The number of nitrogens with one attached hydrogen (secondary N) is 3. The number of aryl methyl sites for hydroxylation is 1. The maximum absolute atomic E-state index is 13.0. The first-order valence-corrected chi connectivity index (χ1v) is 11.5. The first-order valence-electron chi connectivity index (χ1n) is 9.98. The van der Waals surface area contributed by atoms with Crippen molar-refractivity contribution in [1.82, 2.24) is 5.32 Å². The van der Waals surface area contributed by atoms with Crippen LogP contribution < -0.4 is 15.4 Å². The van der Waals surface area contributed by atoms with Crippen LogP contribution in [0.5, 0.6) is 0 Å². The Bertz CT molecular complexity index is 1060. The molecule has 30 heavy (non-hydrogen) atoms. The molecule has 0 spiro atoms. The average Bonchev–Trinajstić information content (AvgIpc) is 3.49. The highest BCUT2D eigenvalue weighted by molar-refractivity contribution is 7.92. The Morgan fingerprint density at radius 3 is 2.30 bits per heavy atom. The zero-order chi connectivity index (χ0) is 21.9. The third-order valence-electron chi connectivity index (χ3n) is 5.15. The zero-order valence-corrected chi connectivity index (χ0v) is 18.2. The summed E-state index contributed by atoms with van der Waals surface area (Å²) in [5, 5.41) is 5.51. The van der Waals surface area contributed by atoms with Crippen LogP contribution in [0.2, 0.25) is 0 Å². The number of sulfonamides is 1. The molecule has 0 aromatic heterocycles. The number of carbonyl (C=O) groups is 2. The molecular formula is C22H27N3O4S. The van der Waals surface area contributed by atoms with Gasteiger partial charge >= 0.3 is 0 Å². The van der Waals surface area contributed by atoms with Crippen LogP contribution in [0.25, 0.3) is 0 Å². The van der Waals surface area contributed by atoms with Crippen molar-refractivity contribution in [2.45, 2.75) is 50.3 Å². The van der Waals surface area contributed by atoms with E-state index in [1.165, 1.54) is 13.0 Å². The van der Waals surface area contributed by atoms with Crippen LogP contribution in [0.1, 0.15) is 44.2 Å². The van der Waals surface area contributed by atoms with Gasteiger partial charge in [0.1, 0.15) is 4.90 Å². The summed E-state index contributed by atoms with van der Waals surface area (Å²) in [4.78, 5) is 23.9. The summed E-state index contributed by atoms with van der Waals surface area (Å²) in [5.74, 6) is -0.326. The second-order valence-corrected chi connectivity index (χ2v) is 9.35. The van der Waals surface area contributed by atoms with Crippen LogP contribution in [-0.4, -0.2) is 26.8 Å². The Kier molecular flexibility index (Phi) is 6.17. The fourth-order valence-corrected chi connectivity index (χ4v) is 4.70. The SMILES string of the molecule is CCCNC(=O)C1(c2ccc(NS(=O)(=O)c3cc(C)ccc3NC(C)=O)cc2)CC1. The van der Waals surface area contributed by atoms with Crippen molar-refractivity contribution < 1.29 is 18.0 Å². The minimum atomic E-state index is -3.92. The topological polar surface area (TPSA) is 104 Å². The molecule has 1 fully saturated rings. The summed E-state index contributed by atoms with van der Waals surface area (Å²) in [6, 6.07) is 11.7. The molecule has 0 saturated heterocycles. The molecule has 2 amide bonds. The van der Waals surface area contributed by atoms with Gasteiger partial charge in [-0.1, -0.05) is 25.1 Å². The highest BCUT2D eigenvalue weighted by Gasteiger charge is 2.50. The Hall–Kier alpha value is -2.87. The van der Waals surface area contributed by atoms with Crippen LogP contribution in [0, 0.1) is 6.92 Å². The lowest BCUT2D eigenvalue weighted by molar-refractivity contribution is -0.123. The zero-order valence-electron chi connectivity index (χ0n) is 17.4. The molecule has 0 aliphatic heterocycles. The normalized spacial score (nSPS) is 14.6. The smallest absolute Gasteiger partial charge is 0.263 e. The molecule has 8 heteroatoms. The van der Waals surface area contributed by atoms with Gasteiger partial charge in [0, 0.05) is 19.2 Å². The minimum Gasteiger partial charge on any atom is -0.355 e. The second-order valence-electron chi connectivity index (χ2n) is 7.70. The van der Waals surface area contributed by atoms with Crippen molar-refractivity contribution in [2.75, 3.05) is 16.6 Å². The van der Waals surface area contributed by atoms with Gasteiger partial charge in [-0.3, -0.25) is 14.3 Å². The Morgan fingerprint density at radius 1 is 1.07 bits per heavy atom. The predicted octanol–water partition coefficient (Wildman–Crippen LogP) is 3.31. The van der Waals surface area contributed by atoms with Gasteiger partial charge in [-0.05, 0) is 61.6 Å². The molecule has 2 aromatic carbocycles. The van der Waals surface area contributed by atoms with Gasteiger partial charge in [0.25, 0.3) is 10.0 Å². The van der Waals surface area contributed by atoms with Crippen LogP contribution in [0.4, 0.5) is 11.4 Å². The summed E-state index contributed by atoms with van der Waals surface area (Å²) >= 11 is 0. The van der Waals surface area contributed by atoms with Gasteiger partial charge in [-0.25, -0.2) is 8.42 Å². The molecule has 0 radical (unpaired) electrons. The van der Waals surface area contributed by atoms with Gasteiger partial charge in [0.2, 0.25) is 11.8 Å². The van der Waals surface area contributed by atoms with E-state index >= 15 is 0 Å². The largest absolute Gasteiger partial charge is 0.355 e. The van der Waals surface area contributed by atoms with Crippen LogP contribution >= 0.6 is 0 Å². The molecule has 3 N–H and O–H groups in total. The summed E-state index contributed by atoms with van der Waals surface area (Å²) in [6.45, 7) is 5.76. The van der Waals surface area contributed by atoms with E-state index in [4.69, 9.17) is 0 Å². The van der Waals surface area contributed by atoms with Crippen LogP contribution in [-0.2, 0) is 25.0 Å². The molecule has 1 saturated carbocycles. The molecule has 0 atom stereocenters. The number of benzene rings is 2. The average molecular weight is 430 g/mol. The molecule has 1 aliphatic carbocycles. The number of hydrogen-bond acceptors (Lipinski definition) is 4. The summed E-state index contributed by atoms with van der Waals surface area (Å²) < 4.78 is 28.5. The van der Waals surface area contributed by atoms with Gasteiger partial charge in [-0.15, -0.1) is 0 Å². The molecule has 3 rings (SSSR count). The first kappa shape index (κ1) is 21.8. The Balaban J connectivity index is 1.81. The van der Waals surface area contributed by atoms with Gasteiger partial charge < -0.3 is 10.6 Å². The maximum atomic E-state index is 13.0. The van der Waals surface area contributed by atoms with Gasteiger partial charge in [0.05, 0.1) is 11.1 Å². The van der Waals surface area contributed by atoms with Gasteiger partial charge in [0.15, 0.2) is 0 Å². The lowest BCUT2D eigenvalue weighted by atomic mass is 9.95. The van der Waals surface area contributed by atoms with Crippen molar-refractivity contribution in [3.8, 4) is 0 Å². The molecule has 0 unspecified atom stereocenters. The van der Waals surface area contributed by atoms with E-state index in [2.05, 4.69) is 15.4 Å². The molecule has 160 valence electrons. The van der Waals surface area contributed by atoms with Crippen molar-refractivity contribution >= 4 is 33.2 Å². The Morgan fingerprint density at radius 2 is 1.73 bits per heavy atom. The molecule has 7 nitrogen and oxygen atoms in total. The third kappa shape index (κ3) is 4.64. The fourth-order valence-electron chi connectivity index (χ4n) is 3.39. The van der Waals surface area contributed by atoms with Crippen molar-refractivity contribution in [3.05, 3.63) is 53.6 Å². The van der Waals surface area contributed by atoms with E-state index in [0.29, 0.717) is 12.2 Å². The standard InChI is InChI=1S/C22H27N3O4S/c1-4-13-23-21(27)22(11-12-22)17-6-8-18(9-7-17)25-30(28,29)20-14-15(2)5-10-19(20)24-16(3)26/h5-10,14,25H,4,11-13H2,1-3H3,(H,23,27)(H,24,26). The van der Waals surface area contributed by atoms with Crippen molar-refractivity contribution in [1.29, 1.82) is 0 Å². The quantitative estimate of drug-likeness (QED) is 0.599. The summed E-state index contributed by atoms with van der Waals surface area (Å²) in [7, 11) is -3.92. The molecule has 0 bridgehead atoms. The minimum absolute atomic E-state index is 0.000571. The second kappa shape index (κ2) is 8.47. The predicted molar refractivity (Wildman–Crippen MR) is 117 cm³/mol. The van der Waals surface area contributed by atoms with Crippen molar-refractivity contribution in [2.24, 2.45) is 0 Å². The van der Waals surface area contributed by atoms with E-state index in [1.807, 2.05) is 6.92 Å². The number of rotatable bonds is 8. The number of anilines is 2. The van der Waals surface area contributed by atoms with Crippen LogP contribution in [0.15, 0.2) is 47.4 Å². The number of hydrogen-bond donors (Lipinski definition) is 3. The first-order chi connectivity index (χ1) is 14.2. The highest BCUT2D eigenvalue weighted by atomic mass is 32.2. The number of carbonyl (C=O) groups excluding carboxylic acids is 2.